The quantitative estimate of drug-likeness (QED) is 0.535. The normalized spacial score (nSPS) is 11.2. The van der Waals surface area contributed by atoms with E-state index in [2.05, 4.69) is 14.5 Å². The molecule has 0 aliphatic heterocycles. The number of halogens is 1. The van der Waals surface area contributed by atoms with Crippen molar-refractivity contribution in [2.75, 3.05) is 27.3 Å². The molecule has 0 unspecified atom stereocenters. The van der Waals surface area contributed by atoms with Crippen LogP contribution < -0.4 is 0 Å². The fraction of sp³-hybridized carbons (Fsp3) is 0.364. The number of hydrogen-bond acceptors (Lipinski definition) is 7. The molecular weight excluding hydrogens is 324 g/mol. The van der Waals surface area contributed by atoms with Crippen molar-refractivity contribution in [3.05, 3.63) is 23.5 Å². The molecule has 1 heterocycles. The molecule has 0 saturated carbocycles. The highest BCUT2D eigenvalue weighted by molar-refractivity contribution is 7.89. The van der Waals surface area contributed by atoms with Crippen molar-refractivity contribution in [1.82, 2.24) is 9.29 Å². The fourth-order valence-electron chi connectivity index (χ4n) is 1.31. The van der Waals surface area contributed by atoms with Crippen LogP contribution in [0.1, 0.15) is 0 Å². The topological polar surface area (TPSA) is 103 Å². The molecule has 1 aromatic heterocycles. The van der Waals surface area contributed by atoms with Crippen LogP contribution in [-0.2, 0) is 29.1 Å². The predicted molar refractivity (Wildman–Crippen MR) is 72.0 cm³/mol. The first kappa shape index (κ1) is 17.3. The van der Waals surface area contributed by atoms with Crippen LogP contribution in [0, 0.1) is 0 Å². The number of aromatic nitrogens is 1. The summed E-state index contributed by atoms with van der Waals surface area (Å²) >= 11 is 5.59. The number of methoxy groups -OCH3 is 2. The van der Waals surface area contributed by atoms with Crippen molar-refractivity contribution in [2.24, 2.45) is 0 Å². The average molecular weight is 337 g/mol. The Morgan fingerprint density at radius 3 is 2.10 bits per heavy atom. The first-order chi connectivity index (χ1) is 9.81. The summed E-state index contributed by atoms with van der Waals surface area (Å²) in [5.41, 5.74) is 0. The molecule has 0 bridgehead atoms. The second-order valence-electron chi connectivity index (χ2n) is 3.74. The minimum atomic E-state index is -4.12. The molecule has 0 aromatic carbocycles. The maximum atomic E-state index is 12.4. The first-order valence-electron chi connectivity index (χ1n) is 5.56. The van der Waals surface area contributed by atoms with Gasteiger partial charge in [-0.25, -0.2) is 13.4 Å². The van der Waals surface area contributed by atoms with Gasteiger partial charge >= 0.3 is 11.9 Å². The number of ether oxygens (including phenoxy) is 2. The molecule has 0 aliphatic carbocycles. The Labute approximate surface area is 126 Å². The Morgan fingerprint density at radius 1 is 1.19 bits per heavy atom. The molecule has 116 valence electrons. The second-order valence-corrected chi connectivity index (χ2v) is 6.07. The maximum Gasteiger partial charge on any atom is 0.321 e. The number of rotatable bonds is 6. The maximum absolute atomic E-state index is 12.4. The second kappa shape index (κ2) is 7.34. The van der Waals surface area contributed by atoms with E-state index >= 15 is 0 Å². The molecule has 0 spiro atoms. The summed E-state index contributed by atoms with van der Waals surface area (Å²) in [4.78, 5) is 26.1. The third kappa shape index (κ3) is 4.66. The highest BCUT2D eigenvalue weighted by Gasteiger charge is 2.29. The first-order valence-corrected chi connectivity index (χ1v) is 7.38. The third-order valence-electron chi connectivity index (χ3n) is 2.40. The van der Waals surface area contributed by atoms with E-state index in [1.54, 1.807) is 0 Å². The van der Waals surface area contributed by atoms with Gasteiger partial charge in [0.25, 0.3) is 0 Å². The fourth-order valence-corrected chi connectivity index (χ4v) is 2.69. The van der Waals surface area contributed by atoms with Crippen LogP contribution in [-0.4, -0.2) is 57.0 Å². The zero-order valence-electron chi connectivity index (χ0n) is 11.3. The van der Waals surface area contributed by atoms with Crippen molar-refractivity contribution < 1.29 is 27.5 Å². The Hall–Kier alpha value is -1.71. The van der Waals surface area contributed by atoms with Crippen LogP contribution >= 0.6 is 11.6 Å². The van der Waals surface area contributed by atoms with Gasteiger partial charge in [0.2, 0.25) is 10.0 Å². The van der Waals surface area contributed by atoms with Crippen LogP contribution in [0.5, 0.6) is 0 Å². The molecule has 8 nitrogen and oxygen atoms in total. The third-order valence-corrected chi connectivity index (χ3v) is 4.40. The summed E-state index contributed by atoms with van der Waals surface area (Å²) in [5.74, 6) is -1.63. The van der Waals surface area contributed by atoms with E-state index in [-0.39, 0.29) is 10.0 Å². The molecule has 0 saturated heterocycles. The van der Waals surface area contributed by atoms with E-state index in [4.69, 9.17) is 11.6 Å². The molecule has 1 rings (SSSR count). The zero-order chi connectivity index (χ0) is 16.0. The predicted octanol–water partition coefficient (Wildman–Crippen LogP) is 0.0717. The monoisotopic (exact) mass is 336 g/mol. The number of hydrogen-bond donors (Lipinski definition) is 0. The Kier molecular flexibility index (Phi) is 6.06. The molecule has 21 heavy (non-hydrogen) atoms. The van der Waals surface area contributed by atoms with Gasteiger partial charge in [0, 0.05) is 6.20 Å². The molecule has 1 aromatic rings. The van der Waals surface area contributed by atoms with Crippen LogP contribution in [0.2, 0.25) is 5.15 Å². The van der Waals surface area contributed by atoms with E-state index < -0.39 is 35.1 Å². The lowest BCUT2D eigenvalue weighted by molar-refractivity contribution is -0.143. The number of pyridine rings is 1. The van der Waals surface area contributed by atoms with Gasteiger partial charge in [0.15, 0.2) is 0 Å². The van der Waals surface area contributed by atoms with Gasteiger partial charge in [-0.15, -0.1) is 0 Å². The van der Waals surface area contributed by atoms with Gasteiger partial charge in [-0.1, -0.05) is 11.6 Å². The van der Waals surface area contributed by atoms with E-state index in [1.165, 1.54) is 12.1 Å². The summed E-state index contributed by atoms with van der Waals surface area (Å²) in [6.07, 6.45) is 1.03. The smallest absolute Gasteiger partial charge is 0.321 e. The molecule has 0 aliphatic rings. The van der Waals surface area contributed by atoms with Crippen molar-refractivity contribution in [3.63, 3.8) is 0 Å². The van der Waals surface area contributed by atoms with Crippen LogP contribution in [0.25, 0.3) is 0 Å². The molecule has 0 N–H and O–H groups in total. The molecular formula is C11H13ClN2O6S. The van der Waals surface area contributed by atoms with Crippen molar-refractivity contribution in [1.29, 1.82) is 0 Å². The number of esters is 2. The molecule has 0 atom stereocenters. The molecule has 0 radical (unpaired) electrons. The highest BCUT2D eigenvalue weighted by atomic mass is 35.5. The van der Waals surface area contributed by atoms with Gasteiger partial charge in [-0.05, 0) is 12.1 Å². The minimum Gasteiger partial charge on any atom is -0.468 e. The molecule has 0 amide bonds. The zero-order valence-corrected chi connectivity index (χ0v) is 12.8. The Morgan fingerprint density at radius 2 is 1.71 bits per heavy atom. The van der Waals surface area contributed by atoms with Crippen molar-refractivity contribution in [2.45, 2.75) is 4.90 Å². The standard InChI is InChI=1S/C11H13ClN2O6S/c1-19-10(15)6-14(7-11(16)20-2)21(17,18)8-3-4-9(12)13-5-8/h3-5H,6-7H2,1-2H3. The van der Waals surface area contributed by atoms with Gasteiger partial charge in [0.1, 0.15) is 23.1 Å². The Balaban J connectivity index is 3.12. The van der Waals surface area contributed by atoms with Gasteiger partial charge < -0.3 is 9.47 Å². The lowest BCUT2D eigenvalue weighted by Crippen LogP contribution is -2.40. The lowest BCUT2D eigenvalue weighted by Gasteiger charge is -2.19. The van der Waals surface area contributed by atoms with Gasteiger partial charge in [-0.3, -0.25) is 9.59 Å². The van der Waals surface area contributed by atoms with Crippen LogP contribution in [0.4, 0.5) is 0 Å². The van der Waals surface area contributed by atoms with Crippen molar-refractivity contribution in [3.8, 4) is 0 Å². The largest absolute Gasteiger partial charge is 0.468 e. The summed E-state index contributed by atoms with van der Waals surface area (Å²) in [6, 6.07) is 2.50. The van der Waals surface area contributed by atoms with E-state index in [0.717, 1.165) is 20.4 Å². The lowest BCUT2D eigenvalue weighted by atomic mass is 10.5. The summed E-state index contributed by atoms with van der Waals surface area (Å²) < 4.78 is 34.2. The van der Waals surface area contributed by atoms with Crippen molar-refractivity contribution >= 4 is 33.6 Å². The average Bonchev–Trinajstić information content (AvgIpc) is 2.46. The number of carbonyl (C=O) groups is 2. The Bertz CT molecular complexity index is 598. The van der Waals surface area contributed by atoms with Crippen LogP contribution in [0.3, 0.4) is 0 Å². The van der Waals surface area contributed by atoms with E-state index in [1.807, 2.05) is 0 Å². The van der Waals surface area contributed by atoms with E-state index in [9.17, 15) is 18.0 Å². The van der Waals surface area contributed by atoms with E-state index in [0.29, 0.717) is 4.31 Å². The number of sulfonamides is 1. The molecule has 0 fully saturated rings. The minimum absolute atomic E-state index is 0.112. The summed E-state index contributed by atoms with van der Waals surface area (Å²) in [5, 5.41) is 0.112. The van der Waals surface area contributed by atoms with Gasteiger partial charge in [0.05, 0.1) is 14.2 Å². The number of nitrogens with zero attached hydrogens (tertiary/aromatic N) is 2. The van der Waals surface area contributed by atoms with Gasteiger partial charge in [-0.2, -0.15) is 4.31 Å². The molecule has 10 heteroatoms. The summed E-state index contributed by atoms with van der Waals surface area (Å²) in [7, 11) is -1.91. The SMILES string of the molecule is COC(=O)CN(CC(=O)OC)S(=O)(=O)c1ccc(Cl)nc1. The number of carbonyl (C=O) groups excluding carboxylic acids is 2. The highest BCUT2D eigenvalue weighted by Crippen LogP contribution is 2.16. The van der Waals surface area contributed by atoms with Crippen LogP contribution in [0.15, 0.2) is 23.2 Å². The summed E-state index contributed by atoms with van der Waals surface area (Å²) in [6.45, 7) is -1.26.